The van der Waals surface area contributed by atoms with E-state index in [4.69, 9.17) is 0 Å². The summed E-state index contributed by atoms with van der Waals surface area (Å²) in [7, 11) is 0. The minimum atomic E-state index is -0.841. The average Bonchev–Trinajstić information content (AvgIpc) is 2.46. The summed E-state index contributed by atoms with van der Waals surface area (Å²) in [5, 5.41) is 47.7. The molecule has 0 saturated heterocycles. The van der Waals surface area contributed by atoms with Gasteiger partial charge in [0.1, 0.15) is 11.5 Å². The molecule has 0 aliphatic carbocycles. The van der Waals surface area contributed by atoms with E-state index in [2.05, 4.69) is 10.2 Å². The van der Waals surface area contributed by atoms with E-state index in [0.717, 1.165) is 18.2 Å². The highest BCUT2D eigenvalue weighted by Gasteiger charge is 2.19. The number of hydrogen-bond acceptors (Lipinski definition) is 8. The predicted molar refractivity (Wildman–Crippen MR) is 73.7 cm³/mol. The zero-order valence-electron chi connectivity index (χ0n) is 10.8. The van der Waals surface area contributed by atoms with Gasteiger partial charge in [-0.05, 0) is 18.2 Å². The lowest BCUT2D eigenvalue weighted by molar-refractivity contribution is -0.393. The molecule has 0 saturated carbocycles. The number of nitro benzene ring substituents is 2. The number of hydrogen-bond donors (Lipinski definition) is 2. The van der Waals surface area contributed by atoms with Gasteiger partial charge in [0.25, 0.3) is 5.69 Å². The van der Waals surface area contributed by atoms with Gasteiger partial charge in [0, 0.05) is 6.07 Å². The second kappa shape index (κ2) is 5.83. The average molecular weight is 304 g/mol. The summed E-state index contributed by atoms with van der Waals surface area (Å²) in [5.41, 5.74) is -1.60. The van der Waals surface area contributed by atoms with E-state index in [-0.39, 0.29) is 22.9 Å². The van der Waals surface area contributed by atoms with E-state index in [9.17, 15) is 30.4 Å². The van der Waals surface area contributed by atoms with Gasteiger partial charge >= 0.3 is 5.69 Å². The first-order valence-electron chi connectivity index (χ1n) is 5.75. The van der Waals surface area contributed by atoms with Crippen molar-refractivity contribution in [3.8, 4) is 11.5 Å². The first kappa shape index (κ1) is 14.8. The van der Waals surface area contributed by atoms with Crippen molar-refractivity contribution in [3.05, 3.63) is 56.6 Å². The summed E-state index contributed by atoms with van der Waals surface area (Å²) < 4.78 is 0. The lowest BCUT2D eigenvalue weighted by Crippen LogP contribution is -1.92. The number of rotatable bonds is 4. The molecular weight excluding hydrogens is 296 g/mol. The fraction of sp³-hybridized carbons (Fsp3) is 0. The molecule has 0 amide bonds. The minimum Gasteiger partial charge on any atom is -0.505 e. The van der Waals surface area contributed by atoms with Crippen LogP contribution in [0.25, 0.3) is 0 Å². The Morgan fingerprint density at radius 2 is 1.55 bits per heavy atom. The molecule has 0 spiro atoms. The third-order valence-electron chi connectivity index (χ3n) is 2.62. The van der Waals surface area contributed by atoms with E-state index in [1.807, 2.05) is 0 Å². The summed E-state index contributed by atoms with van der Waals surface area (Å²) in [6.45, 7) is 0. The molecule has 22 heavy (non-hydrogen) atoms. The van der Waals surface area contributed by atoms with Crippen LogP contribution in [-0.2, 0) is 0 Å². The van der Waals surface area contributed by atoms with Crippen molar-refractivity contribution >= 4 is 22.7 Å². The Balaban J connectivity index is 2.47. The van der Waals surface area contributed by atoms with Gasteiger partial charge in [0.2, 0.25) is 0 Å². The second-order valence-corrected chi connectivity index (χ2v) is 4.03. The topological polar surface area (TPSA) is 151 Å². The highest BCUT2D eigenvalue weighted by molar-refractivity contribution is 5.63. The van der Waals surface area contributed by atoms with E-state index in [1.165, 1.54) is 18.2 Å². The van der Waals surface area contributed by atoms with Gasteiger partial charge in [-0.1, -0.05) is 6.07 Å². The zero-order chi connectivity index (χ0) is 16.3. The third-order valence-corrected chi connectivity index (χ3v) is 2.62. The Hall–Kier alpha value is -3.56. The number of benzene rings is 2. The number of aromatic hydroxyl groups is 2. The molecule has 0 aromatic heterocycles. The summed E-state index contributed by atoms with van der Waals surface area (Å²) in [4.78, 5) is 19.9. The van der Waals surface area contributed by atoms with Crippen LogP contribution in [0, 0.1) is 20.2 Å². The minimum absolute atomic E-state index is 0.252. The van der Waals surface area contributed by atoms with Crippen molar-refractivity contribution in [1.29, 1.82) is 0 Å². The van der Waals surface area contributed by atoms with Crippen LogP contribution < -0.4 is 0 Å². The second-order valence-electron chi connectivity index (χ2n) is 4.03. The molecule has 0 unspecified atom stereocenters. The molecule has 2 N–H and O–H groups in total. The van der Waals surface area contributed by atoms with E-state index < -0.39 is 21.2 Å². The van der Waals surface area contributed by atoms with E-state index in [0.29, 0.717) is 0 Å². The molecule has 2 aromatic rings. The fourth-order valence-electron chi connectivity index (χ4n) is 1.58. The van der Waals surface area contributed by atoms with Crippen LogP contribution in [0.2, 0.25) is 0 Å². The van der Waals surface area contributed by atoms with E-state index in [1.54, 1.807) is 0 Å². The Bertz CT molecular complexity index is 769. The van der Waals surface area contributed by atoms with E-state index >= 15 is 0 Å². The van der Waals surface area contributed by atoms with Crippen molar-refractivity contribution in [2.24, 2.45) is 10.2 Å². The zero-order valence-corrected chi connectivity index (χ0v) is 10.8. The maximum absolute atomic E-state index is 10.9. The number of nitro groups is 2. The molecule has 0 atom stereocenters. The van der Waals surface area contributed by atoms with Gasteiger partial charge in [-0.15, -0.1) is 10.2 Å². The van der Waals surface area contributed by atoms with Crippen LogP contribution in [0.1, 0.15) is 0 Å². The Morgan fingerprint density at radius 1 is 0.909 bits per heavy atom. The molecule has 10 heteroatoms. The van der Waals surface area contributed by atoms with Crippen molar-refractivity contribution in [1.82, 2.24) is 0 Å². The highest BCUT2D eigenvalue weighted by atomic mass is 16.6. The van der Waals surface area contributed by atoms with Gasteiger partial charge in [-0.2, -0.15) is 0 Å². The smallest absolute Gasteiger partial charge is 0.303 e. The first-order chi connectivity index (χ1) is 10.4. The van der Waals surface area contributed by atoms with Gasteiger partial charge in [0.05, 0.1) is 15.9 Å². The molecule has 0 heterocycles. The molecule has 2 rings (SSSR count). The molecule has 0 aliphatic heterocycles. The molecule has 0 radical (unpaired) electrons. The third kappa shape index (κ3) is 2.95. The summed E-state index contributed by atoms with van der Waals surface area (Å²) in [5.74, 6) is -0.735. The monoisotopic (exact) mass is 304 g/mol. The molecular formula is C12H8N4O6. The maximum Gasteiger partial charge on any atom is 0.303 e. The lowest BCUT2D eigenvalue weighted by atomic mass is 10.2. The molecule has 112 valence electrons. The Labute approximate surface area is 122 Å². The molecule has 10 nitrogen and oxygen atoms in total. The largest absolute Gasteiger partial charge is 0.505 e. The number of nitrogens with zero attached hydrogens (tertiary/aromatic N) is 4. The fourth-order valence-corrected chi connectivity index (χ4v) is 1.58. The van der Waals surface area contributed by atoms with Crippen LogP contribution in [0.4, 0.5) is 22.7 Å². The van der Waals surface area contributed by atoms with Crippen LogP contribution in [-0.4, -0.2) is 20.1 Å². The van der Waals surface area contributed by atoms with Crippen molar-refractivity contribution < 1.29 is 20.1 Å². The quantitative estimate of drug-likeness (QED) is 0.502. The Kier molecular flexibility index (Phi) is 3.93. The lowest BCUT2D eigenvalue weighted by Gasteiger charge is -2.00. The number of non-ortho nitro benzene ring substituents is 1. The number of phenols is 2. The molecule has 0 bridgehead atoms. The van der Waals surface area contributed by atoms with Crippen LogP contribution in [0.5, 0.6) is 11.5 Å². The number of azo groups is 1. The molecule has 0 fully saturated rings. The maximum atomic E-state index is 10.9. The predicted octanol–water partition coefficient (Wildman–Crippen LogP) is 3.33. The van der Waals surface area contributed by atoms with Crippen molar-refractivity contribution in [2.75, 3.05) is 0 Å². The van der Waals surface area contributed by atoms with Gasteiger partial charge in [-0.25, -0.2) is 0 Å². The van der Waals surface area contributed by atoms with Crippen LogP contribution >= 0.6 is 0 Å². The van der Waals surface area contributed by atoms with Crippen molar-refractivity contribution in [3.63, 3.8) is 0 Å². The normalized spacial score (nSPS) is 10.7. The van der Waals surface area contributed by atoms with Crippen LogP contribution in [0.15, 0.2) is 46.6 Å². The molecule has 2 aromatic carbocycles. The van der Waals surface area contributed by atoms with Crippen LogP contribution in [0.3, 0.4) is 0 Å². The van der Waals surface area contributed by atoms with Gasteiger partial charge in [-0.3, -0.25) is 20.2 Å². The summed E-state index contributed by atoms with van der Waals surface area (Å²) in [6.07, 6.45) is 0. The summed E-state index contributed by atoms with van der Waals surface area (Å²) in [6, 6.07) is 6.70. The summed E-state index contributed by atoms with van der Waals surface area (Å²) >= 11 is 0. The standard InChI is InChI=1S/C12H8N4O6/c17-10-2-1-3-11(18)12(10)14-13-8-5-4-7(15(19)20)6-9(8)16(21)22/h1-6,17-18H. The van der Waals surface area contributed by atoms with Gasteiger partial charge in [0.15, 0.2) is 11.4 Å². The number of phenolic OH excluding ortho intramolecular Hbond substituents is 2. The Morgan fingerprint density at radius 3 is 2.09 bits per heavy atom. The molecule has 0 aliphatic rings. The SMILES string of the molecule is O=[N+]([O-])c1ccc(N=Nc2c(O)cccc2O)c([N+](=O)[O-])c1. The highest BCUT2D eigenvalue weighted by Crippen LogP contribution is 2.38. The van der Waals surface area contributed by atoms with Gasteiger partial charge < -0.3 is 10.2 Å². The first-order valence-corrected chi connectivity index (χ1v) is 5.75. The van der Waals surface area contributed by atoms with Crippen molar-refractivity contribution in [2.45, 2.75) is 0 Å².